The quantitative estimate of drug-likeness (QED) is 0.830. The van der Waals surface area contributed by atoms with E-state index in [0.29, 0.717) is 0 Å². The molecule has 6 heteroatoms. The van der Waals surface area contributed by atoms with Crippen molar-refractivity contribution in [2.45, 2.75) is 26.1 Å². The Morgan fingerprint density at radius 2 is 2.15 bits per heavy atom. The summed E-state index contributed by atoms with van der Waals surface area (Å²) < 4.78 is 12.4. The normalized spacial score (nSPS) is 12.2. The molecule has 0 spiro atoms. The summed E-state index contributed by atoms with van der Waals surface area (Å²) in [5.41, 5.74) is 1.10. The second kappa shape index (κ2) is 6.91. The monoisotopic (exact) mass is 276 g/mol. The molecule has 0 amide bonds. The van der Waals surface area contributed by atoms with E-state index in [9.17, 15) is 0 Å². The van der Waals surface area contributed by atoms with Crippen LogP contribution >= 0.6 is 0 Å². The van der Waals surface area contributed by atoms with Crippen LogP contribution in [0.5, 0.6) is 11.5 Å². The van der Waals surface area contributed by atoms with Gasteiger partial charge in [0.2, 0.25) is 0 Å². The number of aromatic nitrogens is 3. The second-order valence-electron chi connectivity index (χ2n) is 4.58. The average molecular weight is 276 g/mol. The van der Waals surface area contributed by atoms with Crippen molar-refractivity contribution in [2.24, 2.45) is 0 Å². The zero-order valence-corrected chi connectivity index (χ0v) is 12.0. The van der Waals surface area contributed by atoms with Gasteiger partial charge in [-0.05, 0) is 13.0 Å². The Morgan fingerprint density at radius 3 is 2.80 bits per heavy atom. The van der Waals surface area contributed by atoms with Crippen LogP contribution in [0.25, 0.3) is 0 Å². The van der Waals surface area contributed by atoms with Crippen molar-refractivity contribution in [3.05, 3.63) is 36.4 Å². The molecule has 2 aromatic rings. The Hall–Kier alpha value is -2.08. The summed E-state index contributed by atoms with van der Waals surface area (Å²) in [4.78, 5) is 3.93. The number of rotatable bonds is 7. The van der Waals surface area contributed by atoms with Crippen molar-refractivity contribution in [3.8, 4) is 11.5 Å². The Labute approximate surface area is 118 Å². The highest BCUT2D eigenvalue weighted by Gasteiger charge is 2.08. The molecule has 0 saturated heterocycles. The minimum absolute atomic E-state index is 0.281. The van der Waals surface area contributed by atoms with E-state index in [1.165, 1.54) is 0 Å². The summed E-state index contributed by atoms with van der Waals surface area (Å²) in [6.45, 7) is 3.61. The van der Waals surface area contributed by atoms with Crippen molar-refractivity contribution >= 4 is 0 Å². The van der Waals surface area contributed by atoms with Gasteiger partial charge in [0.05, 0.1) is 20.8 Å². The van der Waals surface area contributed by atoms with Gasteiger partial charge in [-0.1, -0.05) is 6.07 Å². The number of methoxy groups -OCH3 is 2. The molecule has 6 nitrogen and oxygen atoms in total. The smallest absolute Gasteiger partial charge is 0.137 e. The molecule has 108 valence electrons. The lowest BCUT2D eigenvalue weighted by Gasteiger charge is -2.15. The van der Waals surface area contributed by atoms with Gasteiger partial charge in [0.1, 0.15) is 24.2 Å². The standard InChI is InChI=1S/C14H20N4O2/c1-11(8-18-10-15-9-17-18)16-7-12-4-5-13(19-2)6-14(12)20-3/h4-6,9-11,16H,7-8H2,1-3H3. The largest absolute Gasteiger partial charge is 0.497 e. The molecular formula is C14H20N4O2. The molecule has 0 aliphatic rings. The maximum absolute atomic E-state index is 5.38. The van der Waals surface area contributed by atoms with Crippen LogP contribution in [0.3, 0.4) is 0 Å². The molecule has 20 heavy (non-hydrogen) atoms. The molecule has 0 radical (unpaired) electrons. The van der Waals surface area contributed by atoms with Crippen molar-refractivity contribution in [1.82, 2.24) is 20.1 Å². The molecular weight excluding hydrogens is 256 g/mol. The molecule has 0 bridgehead atoms. The maximum atomic E-state index is 5.38. The Morgan fingerprint density at radius 1 is 1.30 bits per heavy atom. The minimum Gasteiger partial charge on any atom is -0.497 e. The summed E-state index contributed by atoms with van der Waals surface area (Å²) in [5, 5.41) is 7.53. The first-order valence-electron chi connectivity index (χ1n) is 6.49. The summed E-state index contributed by atoms with van der Waals surface area (Å²) in [6, 6.07) is 6.11. The fourth-order valence-electron chi connectivity index (χ4n) is 1.95. The number of ether oxygens (including phenoxy) is 2. The van der Waals surface area contributed by atoms with E-state index in [1.54, 1.807) is 26.9 Å². The van der Waals surface area contributed by atoms with Crippen LogP contribution in [-0.4, -0.2) is 35.0 Å². The van der Waals surface area contributed by atoms with Crippen LogP contribution in [0, 0.1) is 0 Å². The number of hydrogen-bond acceptors (Lipinski definition) is 5. The molecule has 1 unspecified atom stereocenters. The van der Waals surface area contributed by atoms with E-state index in [1.807, 2.05) is 22.9 Å². The lowest BCUT2D eigenvalue weighted by atomic mass is 10.1. The zero-order chi connectivity index (χ0) is 14.4. The highest BCUT2D eigenvalue weighted by Crippen LogP contribution is 2.24. The summed E-state index contributed by atoms with van der Waals surface area (Å²) >= 11 is 0. The van der Waals surface area contributed by atoms with E-state index in [2.05, 4.69) is 22.3 Å². The first-order chi connectivity index (χ1) is 9.72. The van der Waals surface area contributed by atoms with E-state index >= 15 is 0 Å². The van der Waals surface area contributed by atoms with E-state index in [0.717, 1.165) is 30.2 Å². The van der Waals surface area contributed by atoms with Crippen LogP contribution in [0.4, 0.5) is 0 Å². The van der Waals surface area contributed by atoms with Crippen LogP contribution in [-0.2, 0) is 13.1 Å². The van der Waals surface area contributed by atoms with Gasteiger partial charge in [0.25, 0.3) is 0 Å². The van der Waals surface area contributed by atoms with Gasteiger partial charge >= 0.3 is 0 Å². The van der Waals surface area contributed by atoms with Crippen LogP contribution in [0.2, 0.25) is 0 Å². The number of hydrogen-bond donors (Lipinski definition) is 1. The highest BCUT2D eigenvalue weighted by atomic mass is 16.5. The third-order valence-corrected chi connectivity index (χ3v) is 3.06. The van der Waals surface area contributed by atoms with Crippen molar-refractivity contribution in [2.75, 3.05) is 14.2 Å². The molecule has 1 aromatic carbocycles. The summed E-state index contributed by atoms with van der Waals surface area (Å²) in [7, 11) is 3.31. The molecule has 0 saturated carbocycles. The first-order valence-corrected chi connectivity index (χ1v) is 6.49. The van der Waals surface area contributed by atoms with E-state index < -0.39 is 0 Å². The topological polar surface area (TPSA) is 61.2 Å². The van der Waals surface area contributed by atoms with E-state index in [4.69, 9.17) is 9.47 Å². The highest BCUT2D eigenvalue weighted by molar-refractivity contribution is 5.40. The number of nitrogens with one attached hydrogen (secondary N) is 1. The lowest BCUT2D eigenvalue weighted by Crippen LogP contribution is -2.30. The predicted molar refractivity (Wildman–Crippen MR) is 75.9 cm³/mol. The summed E-state index contributed by atoms with van der Waals surface area (Å²) in [6.07, 6.45) is 3.26. The Bertz CT molecular complexity index is 528. The van der Waals surface area contributed by atoms with Gasteiger partial charge in [-0.2, -0.15) is 5.10 Å². The number of nitrogens with zero attached hydrogens (tertiary/aromatic N) is 3. The molecule has 2 rings (SSSR count). The fraction of sp³-hybridized carbons (Fsp3) is 0.429. The third kappa shape index (κ3) is 3.71. The van der Waals surface area contributed by atoms with Gasteiger partial charge in [0, 0.05) is 24.2 Å². The van der Waals surface area contributed by atoms with Gasteiger partial charge in [-0.25, -0.2) is 4.98 Å². The van der Waals surface area contributed by atoms with Crippen LogP contribution in [0.15, 0.2) is 30.9 Å². The van der Waals surface area contributed by atoms with Crippen molar-refractivity contribution in [3.63, 3.8) is 0 Å². The third-order valence-electron chi connectivity index (χ3n) is 3.06. The molecule has 1 atom stereocenters. The molecule has 0 aliphatic carbocycles. The van der Waals surface area contributed by atoms with E-state index in [-0.39, 0.29) is 6.04 Å². The minimum atomic E-state index is 0.281. The van der Waals surface area contributed by atoms with Gasteiger partial charge in [0.15, 0.2) is 0 Å². The summed E-state index contributed by atoms with van der Waals surface area (Å²) in [5.74, 6) is 1.62. The van der Waals surface area contributed by atoms with Gasteiger partial charge in [-0.3, -0.25) is 4.68 Å². The van der Waals surface area contributed by atoms with Gasteiger partial charge in [-0.15, -0.1) is 0 Å². The van der Waals surface area contributed by atoms with Crippen molar-refractivity contribution in [1.29, 1.82) is 0 Å². The fourth-order valence-corrected chi connectivity index (χ4v) is 1.95. The second-order valence-corrected chi connectivity index (χ2v) is 4.58. The van der Waals surface area contributed by atoms with Crippen molar-refractivity contribution < 1.29 is 9.47 Å². The SMILES string of the molecule is COc1ccc(CNC(C)Cn2cncn2)c(OC)c1. The zero-order valence-electron chi connectivity index (χ0n) is 12.0. The maximum Gasteiger partial charge on any atom is 0.137 e. The number of benzene rings is 1. The Kier molecular flexibility index (Phi) is 4.95. The molecule has 1 N–H and O–H groups in total. The van der Waals surface area contributed by atoms with Gasteiger partial charge < -0.3 is 14.8 Å². The predicted octanol–water partition coefficient (Wildman–Crippen LogP) is 1.47. The lowest BCUT2D eigenvalue weighted by molar-refractivity contribution is 0.386. The average Bonchev–Trinajstić information content (AvgIpc) is 2.97. The molecule has 1 heterocycles. The van der Waals surface area contributed by atoms with Crippen LogP contribution < -0.4 is 14.8 Å². The van der Waals surface area contributed by atoms with Crippen LogP contribution in [0.1, 0.15) is 12.5 Å². The first kappa shape index (κ1) is 14.3. The molecule has 0 aliphatic heterocycles. The molecule has 1 aromatic heterocycles. The Balaban J connectivity index is 1.93. The molecule has 0 fully saturated rings.